The number of hydroxylamine groups is 1. The Bertz CT molecular complexity index is 1830. The number of fused-ring (bicyclic) bond motifs is 2. The average Bonchev–Trinajstić information content (AvgIpc) is 3.29. The molecule has 0 aliphatic heterocycles. The third-order valence-electron chi connectivity index (χ3n) is 9.56. The number of carbonyl (C=O) groups excluding carboxylic acids is 1. The lowest BCUT2D eigenvalue weighted by Crippen LogP contribution is -2.54. The summed E-state index contributed by atoms with van der Waals surface area (Å²) in [5.41, 5.74) is 2.49. The highest BCUT2D eigenvalue weighted by atomic mass is 32.2. The molecule has 0 unspecified atom stereocenters. The highest BCUT2D eigenvalue weighted by molar-refractivity contribution is 7.92. The Morgan fingerprint density at radius 2 is 1.53 bits per heavy atom. The number of nitro benzene ring substituents is 1. The lowest BCUT2D eigenvalue weighted by atomic mass is 9.70. The Morgan fingerprint density at radius 1 is 0.933 bits per heavy atom. The average molecular weight is 658 g/mol. The van der Waals surface area contributed by atoms with Crippen molar-refractivity contribution in [1.29, 1.82) is 0 Å². The highest BCUT2D eigenvalue weighted by Crippen LogP contribution is 2.67. The smallest absolute Gasteiger partial charge is 0.432 e. The van der Waals surface area contributed by atoms with E-state index in [1.54, 1.807) is 30.3 Å². The molecule has 0 saturated heterocycles. The SMILES string of the molecule is Cc1cc(C)cc(N([C@@H]2[C@H]3CC[C@@](C)([C@@H]2OC(=O)NOS(=O)(=O)c2ccc([N+](=O)[O-])cc2)C3(C)C)S(=O)(=O)c2ccccc2)c1. The number of hydrogen-bond donors (Lipinski definition) is 1. The molecule has 2 bridgehead atoms. The summed E-state index contributed by atoms with van der Waals surface area (Å²) in [5, 5.41) is 10.9. The number of non-ortho nitro benzene ring substituents is 1. The van der Waals surface area contributed by atoms with Gasteiger partial charge >= 0.3 is 16.2 Å². The van der Waals surface area contributed by atoms with Gasteiger partial charge in [0.15, 0.2) is 0 Å². The monoisotopic (exact) mass is 657 g/mol. The molecule has 0 radical (unpaired) electrons. The second-order valence-electron chi connectivity index (χ2n) is 12.5. The number of aryl methyl sites for hydroxylation is 2. The van der Waals surface area contributed by atoms with Crippen LogP contribution in [-0.2, 0) is 29.2 Å². The molecule has 4 atom stereocenters. The molecule has 5 rings (SSSR count). The molecule has 2 aliphatic carbocycles. The first-order valence-corrected chi connectivity index (χ1v) is 17.2. The molecule has 14 heteroatoms. The molecule has 0 aromatic heterocycles. The van der Waals surface area contributed by atoms with Gasteiger partial charge in [0.25, 0.3) is 15.7 Å². The molecule has 3 aromatic carbocycles. The number of amides is 1. The van der Waals surface area contributed by atoms with E-state index in [2.05, 4.69) is 0 Å². The van der Waals surface area contributed by atoms with Crippen molar-refractivity contribution in [1.82, 2.24) is 5.48 Å². The summed E-state index contributed by atoms with van der Waals surface area (Å²) in [7, 11) is -8.74. The Labute approximate surface area is 262 Å². The quantitative estimate of drug-likeness (QED) is 0.226. The van der Waals surface area contributed by atoms with Crippen molar-refractivity contribution >= 4 is 37.6 Å². The van der Waals surface area contributed by atoms with E-state index >= 15 is 0 Å². The summed E-state index contributed by atoms with van der Waals surface area (Å²) < 4.78 is 66.4. The molecule has 1 amide bonds. The van der Waals surface area contributed by atoms with Crippen LogP contribution in [0, 0.1) is 40.7 Å². The molecule has 2 fully saturated rings. The van der Waals surface area contributed by atoms with Crippen LogP contribution in [-0.4, -0.2) is 40.0 Å². The summed E-state index contributed by atoms with van der Waals surface area (Å²) in [4.78, 5) is 23.1. The van der Waals surface area contributed by atoms with Gasteiger partial charge in [0.2, 0.25) is 0 Å². The molecule has 2 saturated carbocycles. The van der Waals surface area contributed by atoms with Crippen molar-refractivity contribution < 1.29 is 35.6 Å². The minimum atomic E-state index is -4.56. The molecule has 3 aromatic rings. The lowest BCUT2D eigenvalue weighted by Gasteiger charge is -2.42. The summed E-state index contributed by atoms with van der Waals surface area (Å²) in [6.07, 6.45) is -0.881. The first-order chi connectivity index (χ1) is 21.0. The van der Waals surface area contributed by atoms with Crippen molar-refractivity contribution in [3.63, 3.8) is 0 Å². The number of nitro groups is 1. The summed E-state index contributed by atoms with van der Waals surface area (Å²) >= 11 is 0. The molecular weight excluding hydrogens is 622 g/mol. The molecule has 2 aliphatic rings. The predicted molar refractivity (Wildman–Crippen MR) is 165 cm³/mol. The number of nitrogens with zero attached hydrogens (tertiary/aromatic N) is 2. The number of sulfonamides is 1. The number of ether oxygens (including phenoxy) is 1. The molecule has 0 spiro atoms. The Balaban J connectivity index is 1.51. The van der Waals surface area contributed by atoms with Crippen LogP contribution >= 0.6 is 0 Å². The van der Waals surface area contributed by atoms with Crippen molar-refractivity contribution in [2.45, 2.75) is 69.4 Å². The van der Waals surface area contributed by atoms with E-state index < -0.39 is 59.0 Å². The van der Waals surface area contributed by atoms with Gasteiger partial charge in [-0.3, -0.25) is 14.4 Å². The first kappa shape index (κ1) is 32.4. The summed E-state index contributed by atoms with van der Waals surface area (Å²) in [6, 6.07) is 16.7. The molecule has 0 heterocycles. The van der Waals surface area contributed by atoms with Gasteiger partial charge in [-0.25, -0.2) is 13.2 Å². The molecule has 240 valence electrons. The van der Waals surface area contributed by atoms with Crippen LogP contribution in [0.25, 0.3) is 0 Å². The zero-order valence-corrected chi connectivity index (χ0v) is 27.1. The Kier molecular flexibility index (Phi) is 8.21. The highest BCUT2D eigenvalue weighted by Gasteiger charge is 2.70. The molecule has 12 nitrogen and oxygen atoms in total. The number of nitrogens with one attached hydrogen (secondary N) is 1. The van der Waals surface area contributed by atoms with Crippen LogP contribution in [0.1, 0.15) is 44.7 Å². The Hall–Kier alpha value is -4.01. The van der Waals surface area contributed by atoms with E-state index in [4.69, 9.17) is 9.02 Å². The van der Waals surface area contributed by atoms with Gasteiger partial charge < -0.3 is 4.74 Å². The second kappa shape index (κ2) is 11.4. The van der Waals surface area contributed by atoms with Gasteiger partial charge in [0.1, 0.15) is 6.10 Å². The minimum Gasteiger partial charge on any atom is -0.442 e. The van der Waals surface area contributed by atoms with E-state index in [0.717, 1.165) is 35.4 Å². The fraction of sp³-hybridized carbons (Fsp3) is 0.387. The normalized spacial score (nSPS) is 23.8. The maximum atomic E-state index is 14.5. The standard InChI is InChI=1S/C31H35N3O9S2/c1-20-17-21(2)19-23(18-20)33(44(38,39)24-9-7-6-8-10-24)27-26-15-16-31(5,30(26,3)4)28(27)42-29(35)32-43-45(40,41)25-13-11-22(12-14-25)34(36)37/h6-14,17-19,26-28H,15-16H2,1-5H3,(H,32,35)/t26-,27-,28-,31+/m1/s1. The number of rotatable bonds is 9. The molecular formula is C31H35N3O9S2. The van der Waals surface area contributed by atoms with E-state index in [-0.39, 0.29) is 16.5 Å². The largest absolute Gasteiger partial charge is 0.442 e. The van der Waals surface area contributed by atoms with E-state index in [1.165, 1.54) is 16.4 Å². The van der Waals surface area contributed by atoms with Gasteiger partial charge in [-0.1, -0.05) is 45.0 Å². The third-order valence-corrected chi connectivity index (χ3v) is 12.6. The van der Waals surface area contributed by atoms with E-state index in [1.807, 2.05) is 46.2 Å². The molecule has 45 heavy (non-hydrogen) atoms. The lowest BCUT2D eigenvalue weighted by molar-refractivity contribution is -0.384. The second-order valence-corrected chi connectivity index (χ2v) is 15.8. The summed E-state index contributed by atoms with van der Waals surface area (Å²) in [6.45, 7) is 9.76. The first-order valence-electron chi connectivity index (χ1n) is 14.3. The third kappa shape index (κ3) is 5.66. The van der Waals surface area contributed by atoms with Crippen molar-refractivity contribution in [3.8, 4) is 0 Å². The number of carbonyl (C=O) groups is 1. The van der Waals surface area contributed by atoms with Crippen LogP contribution in [0.15, 0.2) is 82.6 Å². The van der Waals surface area contributed by atoms with Gasteiger partial charge in [0.05, 0.1) is 26.4 Å². The zero-order valence-electron chi connectivity index (χ0n) is 25.5. The van der Waals surface area contributed by atoms with Crippen molar-refractivity contribution in [2.24, 2.45) is 16.7 Å². The topological polar surface area (TPSA) is 162 Å². The van der Waals surface area contributed by atoms with Crippen LogP contribution in [0.3, 0.4) is 0 Å². The van der Waals surface area contributed by atoms with Gasteiger partial charge in [-0.05, 0) is 85.5 Å². The minimum absolute atomic E-state index is 0.0793. The van der Waals surface area contributed by atoms with E-state index in [0.29, 0.717) is 18.5 Å². The van der Waals surface area contributed by atoms with Crippen LogP contribution in [0.4, 0.5) is 16.2 Å². The van der Waals surface area contributed by atoms with Crippen molar-refractivity contribution in [2.75, 3.05) is 4.31 Å². The van der Waals surface area contributed by atoms with Crippen molar-refractivity contribution in [3.05, 3.63) is 94.0 Å². The predicted octanol–water partition coefficient (Wildman–Crippen LogP) is 5.65. The maximum absolute atomic E-state index is 14.5. The fourth-order valence-electron chi connectivity index (χ4n) is 7.01. The van der Waals surface area contributed by atoms with Crippen LogP contribution < -0.4 is 9.79 Å². The number of anilines is 1. The number of hydrogen-bond acceptors (Lipinski definition) is 9. The van der Waals surface area contributed by atoms with E-state index in [9.17, 15) is 31.7 Å². The maximum Gasteiger partial charge on any atom is 0.432 e. The van der Waals surface area contributed by atoms with Gasteiger partial charge in [-0.2, -0.15) is 13.9 Å². The van der Waals surface area contributed by atoms with Gasteiger partial charge in [0, 0.05) is 17.5 Å². The molecule has 1 N–H and O–H groups in total. The summed E-state index contributed by atoms with van der Waals surface area (Å²) in [5.74, 6) is -0.218. The fourth-order valence-corrected chi connectivity index (χ4v) is 9.44. The number of benzene rings is 3. The Morgan fingerprint density at radius 3 is 2.11 bits per heavy atom. The van der Waals surface area contributed by atoms with Gasteiger partial charge in [-0.15, -0.1) is 4.28 Å². The zero-order chi connectivity index (χ0) is 32.9. The van der Waals surface area contributed by atoms with Crippen LogP contribution in [0.2, 0.25) is 0 Å². The van der Waals surface area contributed by atoms with Crippen LogP contribution in [0.5, 0.6) is 0 Å².